The first kappa shape index (κ1) is 16.6. The molecule has 0 atom stereocenters. The predicted molar refractivity (Wildman–Crippen MR) is 91.5 cm³/mol. The van der Waals surface area contributed by atoms with Gasteiger partial charge in [0.2, 0.25) is 5.76 Å². The molecule has 0 unspecified atom stereocenters. The van der Waals surface area contributed by atoms with Gasteiger partial charge in [0.1, 0.15) is 19.0 Å². The molecule has 0 radical (unpaired) electrons. The van der Waals surface area contributed by atoms with E-state index in [9.17, 15) is 4.79 Å². The number of nitrogens with zero attached hydrogens (tertiary/aromatic N) is 1. The quantitative estimate of drug-likeness (QED) is 0.639. The summed E-state index contributed by atoms with van der Waals surface area (Å²) in [6, 6.07) is 20.6. The van der Waals surface area contributed by atoms with Crippen molar-refractivity contribution in [2.24, 2.45) is 0 Å². The van der Waals surface area contributed by atoms with Gasteiger partial charge in [0.15, 0.2) is 0 Å². The van der Waals surface area contributed by atoms with E-state index in [2.05, 4.69) is 10.5 Å². The van der Waals surface area contributed by atoms with Crippen molar-refractivity contribution in [3.63, 3.8) is 0 Å². The Morgan fingerprint density at radius 2 is 1.72 bits per heavy atom. The summed E-state index contributed by atoms with van der Waals surface area (Å²) < 4.78 is 16.0. The lowest BCUT2D eigenvalue weighted by molar-refractivity contribution is 0.0909. The SMILES string of the molecule is O=C(NCCOc1ccccc1)c1cc(OCc2ccccc2)no1. The normalized spacial score (nSPS) is 10.2. The van der Waals surface area contributed by atoms with E-state index in [1.165, 1.54) is 6.07 Å². The van der Waals surface area contributed by atoms with Crippen molar-refractivity contribution in [1.29, 1.82) is 0 Å². The average molecular weight is 338 g/mol. The van der Waals surface area contributed by atoms with E-state index in [-0.39, 0.29) is 17.5 Å². The van der Waals surface area contributed by atoms with E-state index in [4.69, 9.17) is 14.0 Å². The Labute approximate surface area is 145 Å². The fourth-order valence-electron chi connectivity index (χ4n) is 2.10. The largest absolute Gasteiger partial charge is 0.492 e. The smallest absolute Gasteiger partial charge is 0.290 e. The van der Waals surface area contributed by atoms with E-state index in [0.29, 0.717) is 19.8 Å². The molecular formula is C19H18N2O4. The first-order valence-electron chi connectivity index (χ1n) is 7.91. The highest BCUT2D eigenvalue weighted by Gasteiger charge is 2.13. The highest BCUT2D eigenvalue weighted by Crippen LogP contribution is 2.13. The number of rotatable bonds is 8. The molecule has 6 nitrogen and oxygen atoms in total. The molecule has 0 fully saturated rings. The number of ether oxygens (including phenoxy) is 2. The molecule has 0 saturated heterocycles. The molecule has 3 aromatic rings. The second-order valence-electron chi connectivity index (χ2n) is 5.22. The van der Waals surface area contributed by atoms with Gasteiger partial charge in [0, 0.05) is 0 Å². The Morgan fingerprint density at radius 3 is 2.48 bits per heavy atom. The number of para-hydroxylation sites is 1. The van der Waals surface area contributed by atoms with Crippen LogP contribution >= 0.6 is 0 Å². The van der Waals surface area contributed by atoms with Gasteiger partial charge < -0.3 is 19.3 Å². The van der Waals surface area contributed by atoms with Gasteiger partial charge in [0.05, 0.1) is 12.6 Å². The van der Waals surface area contributed by atoms with Crippen molar-refractivity contribution in [3.05, 3.63) is 78.1 Å². The van der Waals surface area contributed by atoms with Crippen LogP contribution < -0.4 is 14.8 Å². The zero-order chi connectivity index (χ0) is 17.3. The molecule has 6 heteroatoms. The molecule has 2 aromatic carbocycles. The molecule has 1 heterocycles. The molecule has 3 rings (SSSR count). The maximum atomic E-state index is 12.0. The second-order valence-corrected chi connectivity index (χ2v) is 5.22. The minimum Gasteiger partial charge on any atom is -0.492 e. The van der Waals surface area contributed by atoms with Crippen molar-refractivity contribution in [2.75, 3.05) is 13.2 Å². The molecule has 1 amide bonds. The highest BCUT2D eigenvalue weighted by atomic mass is 16.5. The third-order valence-corrected chi connectivity index (χ3v) is 3.34. The Kier molecular flexibility index (Phi) is 5.66. The summed E-state index contributed by atoms with van der Waals surface area (Å²) >= 11 is 0. The van der Waals surface area contributed by atoms with Crippen LogP contribution in [-0.2, 0) is 6.61 Å². The van der Waals surface area contributed by atoms with E-state index in [1.807, 2.05) is 60.7 Å². The van der Waals surface area contributed by atoms with Gasteiger partial charge in [-0.2, -0.15) is 0 Å². The van der Waals surface area contributed by atoms with Gasteiger partial charge >= 0.3 is 0 Å². The fraction of sp³-hybridized carbons (Fsp3) is 0.158. The molecule has 0 aliphatic heterocycles. The zero-order valence-corrected chi connectivity index (χ0v) is 13.6. The predicted octanol–water partition coefficient (Wildman–Crippen LogP) is 3.06. The second kappa shape index (κ2) is 8.54. The van der Waals surface area contributed by atoms with Crippen LogP contribution in [0.2, 0.25) is 0 Å². The van der Waals surface area contributed by atoms with Gasteiger partial charge in [0.25, 0.3) is 11.8 Å². The highest BCUT2D eigenvalue weighted by molar-refractivity contribution is 5.91. The lowest BCUT2D eigenvalue weighted by Gasteiger charge is -2.06. The maximum Gasteiger partial charge on any atom is 0.290 e. The number of aromatic nitrogens is 1. The van der Waals surface area contributed by atoms with Crippen molar-refractivity contribution in [1.82, 2.24) is 10.5 Å². The van der Waals surface area contributed by atoms with Crippen LogP contribution in [0.5, 0.6) is 11.6 Å². The summed E-state index contributed by atoms with van der Waals surface area (Å²) in [7, 11) is 0. The molecule has 128 valence electrons. The van der Waals surface area contributed by atoms with E-state index in [0.717, 1.165) is 11.3 Å². The van der Waals surface area contributed by atoms with Crippen molar-refractivity contribution < 1.29 is 18.8 Å². The van der Waals surface area contributed by atoms with Crippen molar-refractivity contribution in [2.45, 2.75) is 6.61 Å². The minimum atomic E-state index is -0.362. The van der Waals surface area contributed by atoms with Crippen LogP contribution in [0.3, 0.4) is 0 Å². The zero-order valence-electron chi connectivity index (χ0n) is 13.6. The average Bonchev–Trinajstić information content (AvgIpc) is 3.14. The Bertz CT molecular complexity index is 787. The number of carbonyl (C=O) groups excluding carboxylic acids is 1. The van der Waals surface area contributed by atoms with Crippen LogP contribution in [0.1, 0.15) is 16.1 Å². The molecule has 0 aliphatic carbocycles. The van der Waals surface area contributed by atoms with Crippen LogP contribution in [-0.4, -0.2) is 24.2 Å². The van der Waals surface area contributed by atoms with Gasteiger partial charge in [-0.3, -0.25) is 4.79 Å². The number of carbonyl (C=O) groups is 1. The Hall–Kier alpha value is -3.28. The molecule has 0 saturated carbocycles. The lowest BCUT2D eigenvalue weighted by Crippen LogP contribution is -2.27. The standard InChI is InChI=1S/C19H18N2O4/c22-19(20-11-12-23-16-9-5-2-6-10-16)17-13-18(21-25-17)24-14-15-7-3-1-4-8-15/h1-10,13H,11-12,14H2,(H,20,22). The van der Waals surface area contributed by atoms with Crippen LogP contribution in [0, 0.1) is 0 Å². The molecule has 0 bridgehead atoms. The van der Waals surface area contributed by atoms with Gasteiger partial charge in [-0.1, -0.05) is 48.5 Å². The number of hydrogen-bond donors (Lipinski definition) is 1. The van der Waals surface area contributed by atoms with Crippen molar-refractivity contribution >= 4 is 5.91 Å². The van der Waals surface area contributed by atoms with Gasteiger partial charge in [-0.15, -0.1) is 0 Å². The van der Waals surface area contributed by atoms with Crippen LogP contribution in [0.25, 0.3) is 0 Å². The van der Waals surface area contributed by atoms with E-state index in [1.54, 1.807) is 0 Å². The summed E-state index contributed by atoms with van der Waals surface area (Å²) in [6.45, 7) is 1.08. The first-order chi connectivity index (χ1) is 12.3. The number of benzene rings is 2. The summed E-state index contributed by atoms with van der Waals surface area (Å²) in [5, 5.41) is 6.44. The van der Waals surface area contributed by atoms with Crippen LogP contribution in [0.15, 0.2) is 71.3 Å². The Morgan fingerprint density at radius 1 is 1.00 bits per heavy atom. The number of hydrogen-bond acceptors (Lipinski definition) is 5. The number of nitrogens with one attached hydrogen (secondary N) is 1. The van der Waals surface area contributed by atoms with Gasteiger partial charge in [-0.05, 0) is 22.9 Å². The lowest BCUT2D eigenvalue weighted by atomic mass is 10.2. The molecule has 25 heavy (non-hydrogen) atoms. The maximum absolute atomic E-state index is 12.0. The molecule has 0 aliphatic rings. The monoisotopic (exact) mass is 338 g/mol. The minimum absolute atomic E-state index is 0.0998. The summed E-state index contributed by atoms with van der Waals surface area (Å²) in [6.07, 6.45) is 0. The third-order valence-electron chi connectivity index (χ3n) is 3.34. The summed E-state index contributed by atoms with van der Waals surface area (Å²) in [5.74, 6) is 0.768. The molecular weight excluding hydrogens is 320 g/mol. The molecule has 0 spiro atoms. The van der Waals surface area contributed by atoms with Crippen LogP contribution in [0.4, 0.5) is 0 Å². The topological polar surface area (TPSA) is 73.6 Å². The third kappa shape index (κ3) is 5.10. The first-order valence-corrected chi connectivity index (χ1v) is 7.91. The number of amides is 1. The summed E-state index contributed by atoms with van der Waals surface area (Å²) in [4.78, 5) is 12.0. The summed E-state index contributed by atoms with van der Waals surface area (Å²) in [5.41, 5.74) is 1.01. The Balaban J connectivity index is 1.41. The fourth-order valence-corrected chi connectivity index (χ4v) is 2.10. The van der Waals surface area contributed by atoms with E-state index >= 15 is 0 Å². The molecule has 1 aromatic heterocycles. The van der Waals surface area contributed by atoms with E-state index < -0.39 is 0 Å². The van der Waals surface area contributed by atoms with Crippen molar-refractivity contribution in [3.8, 4) is 11.6 Å². The molecule has 1 N–H and O–H groups in total. The van der Waals surface area contributed by atoms with Gasteiger partial charge in [-0.25, -0.2) is 0 Å².